The number of hydrogen-bond donors (Lipinski definition) is 0. The van der Waals surface area contributed by atoms with Crippen LogP contribution < -0.4 is 0 Å². The molecule has 1 atom stereocenters. The van der Waals surface area contributed by atoms with Crippen LogP contribution in [0, 0.1) is 0 Å². The van der Waals surface area contributed by atoms with Crippen LogP contribution in [0.5, 0.6) is 0 Å². The van der Waals surface area contributed by atoms with Gasteiger partial charge < -0.3 is 4.74 Å². The van der Waals surface area contributed by atoms with Gasteiger partial charge in [0.15, 0.2) is 0 Å². The van der Waals surface area contributed by atoms with Gasteiger partial charge in [-0.1, -0.05) is 6.92 Å². The van der Waals surface area contributed by atoms with Gasteiger partial charge in [-0.25, -0.2) is 0 Å². The van der Waals surface area contributed by atoms with E-state index in [1.54, 1.807) is 7.11 Å². The highest BCUT2D eigenvalue weighted by molar-refractivity contribution is 6.05. The highest BCUT2D eigenvalue weighted by Gasteiger charge is 2.38. The number of imide groups is 1. The highest BCUT2D eigenvalue weighted by atomic mass is 16.5. The van der Waals surface area contributed by atoms with E-state index in [2.05, 4.69) is 0 Å². The van der Waals surface area contributed by atoms with E-state index in [1.807, 2.05) is 11.8 Å². The van der Waals surface area contributed by atoms with E-state index in [1.165, 1.54) is 11.9 Å². The fraction of sp³-hybridized carbons (Fsp3) is 0.800. The molecule has 1 aliphatic heterocycles. The molecule has 0 aliphatic carbocycles. The first kappa shape index (κ1) is 12.1. The summed E-state index contributed by atoms with van der Waals surface area (Å²) in [5, 5.41) is 0. The Morgan fingerprint density at radius 1 is 1.53 bits per heavy atom. The molecule has 1 fully saturated rings. The molecule has 0 N–H and O–H groups in total. The third-order valence-electron chi connectivity index (χ3n) is 2.79. The van der Waals surface area contributed by atoms with Crippen LogP contribution >= 0.6 is 0 Å². The first-order valence-electron chi connectivity index (χ1n) is 5.15. The molecule has 0 saturated carbocycles. The summed E-state index contributed by atoms with van der Waals surface area (Å²) in [6.45, 7) is 3.99. The van der Waals surface area contributed by atoms with Crippen LogP contribution in [0.1, 0.15) is 13.3 Å². The molecule has 0 bridgehead atoms. The molecular formula is C10H18N2O3. The number of nitrogens with zero attached hydrogens (tertiary/aromatic N) is 2. The van der Waals surface area contributed by atoms with Gasteiger partial charge >= 0.3 is 0 Å². The van der Waals surface area contributed by atoms with Crippen LogP contribution in [-0.2, 0) is 14.3 Å². The number of carbonyl (C=O) groups is 2. The van der Waals surface area contributed by atoms with Gasteiger partial charge in [0, 0.05) is 20.7 Å². The Labute approximate surface area is 90.0 Å². The topological polar surface area (TPSA) is 49.9 Å². The van der Waals surface area contributed by atoms with E-state index in [-0.39, 0.29) is 17.9 Å². The second-order valence-electron chi connectivity index (χ2n) is 3.63. The number of rotatable bonds is 5. The number of methoxy groups -OCH3 is 1. The van der Waals surface area contributed by atoms with Gasteiger partial charge in [-0.05, 0) is 6.54 Å². The number of likely N-dealkylation sites (tertiary alicyclic amines) is 1. The van der Waals surface area contributed by atoms with Crippen molar-refractivity contribution in [2.75, 3.05) is 33.9 Å². The molecule has 0 aromatic rings. The molecular weight excluding hydrogens is 196 g/mol. The predicted octanol–water partition coefficient (Wildman–Crippen LogP) is -0.288. The molecule has 2 amide bonds. The van der Waals surface area contributed by atoms with Gasteiger partial charge in [0.25, 0.3) is 0 Å². The number of amides is 2. The maximum Gasteiger partial charge on any atom is 0.246 e. The second kappa shape index (κ2) is 5.23. The van der Waals surface area contributed by atoms with Crippen molar-refractivity contribution in [1.29, 1.82) is 0 Å². The standard InChI is InChI=1S/C10H18N2O3/c1-4-12(5-6-15-3)8-7-9(13)11(2)10(8)14/h8H,4-7H2,1-3H3. The van der Waals surface area contributed by atoms with Gasteiger partial charge in [-0.15, -0.1) is 0 Å². The third kappa shape index (κ3) is 2.54. The molecule has 5 nitrogen and oxygen atoms in total. The molecule has 5 heteroatoms. The molecule has 1 saturated heterocycles. The zero-order chi connectivity index (χ0) is 11.4. The van der Waals surface area contributed by atoms with Crippen LogP contribution in [0.2, 0.25) is 0 Å². The molecule has 0 aromatic carbocycles. The summed E-state index contributed by atoms with van der Waals surface area (Å²) in [5.74, 6) is -0.196. The van der Waals surface area contributed by atoms with E-state index in [9.17, 15) is 9.59 Å². The Hall–Kier alpha value is -0.940. The third-order valence-corrected chi connectivity index (χ3v) is 2.79. The number of likely N-dealkylation sites (N-methyl/N-ethyl adjacent to an activating group) is 2. The van der Waals surface area contributed by atoms with E-state index in [0.717, 1.165) is 6.54 Å². The summed E-state index contributed by atoms with van der Waals surface area (Å²) in [5.41, 5.74) is 0. The zero-order valence-electron chi connectivity index (χ0n) is 9.52. The zero-order valence-corrected chi connectivity index (χ0v) is 9.52. The Morgan fingerprint density at radius 2 is 2.20 bits per heavy atom. The van der Waals surface area contributed by atoms with E-state index < -0.39 is 0 Å². The van der Waals surface area contributed by atoms with Gasteiger partial charge in [-0.2, -0.15) is 0 Å². The van der Waals surface area contributed by atoms with Crippen LogP contribution in [0.3, 0.4) is 0 Å². The number of ether oxygens (including phenoxy) is 1. The second-order valence-corrected chi connectivity index (χ2v) is 3.63. The molecule has 1 heterocycles. The number of hydrogen-bond acceptors (Lipinski definition) is 4. The van der Waals surface area contributed by atoms with E-state index in [0.29, 0.717) is 19.6 Å². The summed E-state index contributed by atoms with van der Waals surface area (Å²) >= 11 is 0. The van der Waals surface area contributed by atoms with Gasteiger partial charge in [0.05, 0.1) is 19.1 Å². The van der Waals surface area contributed by atoms with E-state index in [4.69, 9.17) is 4.74 Å². The average Bonchev–Trinajstić information content (AvgIpc) is 2.48. The minimum Gasteiger partial charge on any atom is -0.383 e. The Bertz CT molecular complexity index is 255. The fourth-order valence-electron chi connectivity index (χ4n) is 1.76. The highest BCUT2D eigenvalue weighted by Crippen LogP contribution is 2.16. The molecule has 15 heavy (non-hydrogen) atoms. The van der Waals surface area contributed by atoms with Crippen molar-refractivity contribution >= 4 is 11.8 Å². The predicted molar refractivity (Wildman–Crippen MR) is 55.3 cm³/mol. The Morgan fingerprint density at radius 3 is 2.60 bits per heavy atom. The summed E-state index contributed by atoms with van der Waals surface area (Å²) in [4.78, 5) is 26.2. The minimum atomic E-state index is -0.289. The SMILES string of the molecule is CCN(CCOC)C1CC(=O)N(C)C1=O. The maximum atomic E-state index is 11.7. The molecule has 0 spiro atoms. The maximum absolute atomic E-state index is 11.7. The van der Waals surface area contributed by atoms with Crippen molar-refractivity contribution in [3.63, 3.8) is 0 Å². The first-order chi connectivity index (χ1) is 7.11. The van der Waals surface area contributed by atoms with Crippen molar-refractivity contribution in [3.8, 4) is 0 Å². The number of carbonyl (C=O) groups excluding carboxylic acids is 2. The molecule has 86 valence electrons. The summed E-state index contributed by atoms with van der Waals surface area (Å²) < 4.78 is 4.97. The Kier molecular flexibility index (Phi) is 4.23. The lowest BCUT2D eigenvalue weighted by Crippen LogP contribution is -2.42. The van der Waals surface area contributed by atoms with Crippen LogP contribution in [0.25, 0.3) is 0 Å². The average molecular weight is 214 g/mol. The van der Waals surface area contributed by atoms with Crippen LogP contribution in [0.4, 0.5) is 0 Å². The van der Waals surface area contributed by atoms with Gasteiger partial charge in [-0.3, -0.25) is 19.4 Å². The Balaban J connectivity index is 2.61. The summed E-state index contributed by atoms with van der Waals surface area (Å²) in [6.07, 6.45) is 0.298. The molecule has 1 unspecified atom stereocenters. The van der Waals surface area contributed by atoms with Crippen LogP contribution in [0.15, 0.2) is 0 Å². The largest absolute Gasteiger partial charge is 0.383 e. The van der Waals surface area contributed by atoms with Crippen molar-refractivity contribution in [1.82, 2.24) is 9.80 Å². The normalized spacial score (nSPS) is 21.9. The summed E-state index contributed by atoms with van der Waals surface area (Å²) in [6, 6.07) is -0.289. The summed E-state index contributed by atoms with van der Waals surface area (Å²) in [7, 11) is 3.16. The monoisotopic (exact) mass is 214 g/mol. The van der Waals surface area contributed by atoms with Crippen molar-refractivity contribution in [3.05, 3.63) is 0 Å². The lowest BCUT2D eigenvalue weighted by molar-refractivity contribution is -0.138. The molecule has 0 radical (unpaired) electrons. The smallest absolute Gasteiger partial charge is 0.246 e. The van der Waals surface area contributed by atoms with Crippen LogP contribution in [-0.4, -0.2) is 61.5 Å². The van der Waals surface area contributed by atoms with Crippen molar-refractivity contribution < 1.29 is 14.3 Å². The lowest BCUT2D eigenvalue weighted by Gasteiger charge is -2.24. The van der Waals surface area contributed by atoms with Gasteiger partial charge in [0.1, 0.15) is 0 Å². The minimum absolute atomic E-state index is 0.0964. The molecule has 1 aliphatic rings. The fourth-order valence-corrected chi connectivity index (χ4v) is 1.76. The van der Waals surface area contributed by atoms with Gasteiger partial charge in [0.2, 0.25) is 11.8 Å². The lowest BCUT2D eigenvalue weighted by atomic mass is 10.2. The molecule has 1 rings (SSSR count). The van der Waals surface area contributed by atoms with Crippen molar-refractivity contribution in [2.45, 2.75) is 19.4 Å². The van der Waals surface area contributed by atoms with Crippen molar-refractivity contribution in [2.24, 2.45) is 0 Å². The molecule has 0 aromatic heterocycles. The first-order valence-corrected chi connectivity index (χ1v) is 5.15. The van der Waals surface area contributed by atoms with E-state index >= 15 is 0 Å². The quantitative estimate of drug-likeness (QED) is 0.590.